The summed E-state index contributed by atoms with van der Waals surface area (Å²) in [5, 5.41) is 0. The van der Waals surface area contributed by atoms with E-state index in [0.29, 0.717) is 0 Å². The third kappa shape index (κ3) is 3.24. The van der Waals surface area contributed by atoms with Crippen molar-refractivity contribution < 1.29 is 0 Å². The molecule has 90 valence electrons. The Balaban J connectivity index is 2.90. The molecule has 0 amide bonds. The van der Waals surface area contributed by atoms with Crippen molar-refractivity contribution >= 4 is 5.69 Å². The lowest BCUT2D eigenvalue weighted by molar-refractivity contribution is 0.737. The number of rotatable bonds is 5. The Morgan fingerprint density at radius 1 is 1.25 bits per heavy atom. The third-order valence-corrected chi connectivity index (χ3v) is 2.92. The highest BCUT2D eigenvalue weighted by Gasteiger charge is 2.06. The summed E-state index contributed by atoms with van der Waals surface area (Å²) < 4.78 is 0. The predicted molar refractivity (Wildman–Crippen MR) is 72.1 cm³/mol. The monoisotopic (exact) mass is 220 g/mol. The van der Waals surface area contributed by atoms with Crippen molar-refractivity contribution in [2.45, 2.75) is 40.2 Å². The number of hydrogen-bond donors (Lipinski definition) is 1. The lowest BCUT2D eigenvalue weighted by atomic mass is 10.0. The summed E-state index contributed by atoms with van der Waals surface area (Å²) in [6.07, 6.45) is 0.958. The maximum atomic E-state index is 5.81. The molecule has 1 rings (SSSR count). The fraction of sp³-hybridized carbons (Fsp3) is 0.571. The molecule has 0 aromatic heterocycles. The maximum Gasteiger partial charge on any atom is 0.0395 e. The highest BCUT2D eigenvalue weighted by molar-refractivity contribution is 5.54. The summed E-state index contributed by atoms with van der Waals surface area (Å²) in [6, 6.07) is 6.92. The van der Waals surface area contributed by atoms with Gasteiger partial charge in [0.1, 0.15) is 0 Å². The van der Waals surface area contributed by atoms with Gasteiger partial charge in [-0.05, 0) is 51.3 Å². The zero-order valence-corrected chi connectivity index (χ0v) is 11.0. The van der Waals surface area contributed by atoms with Crippen LogP contribution in [0.25, 0.3) is 0 Å². The highest BCUT2D eigenvalue weighted by atomic mass is 15.1. The second-order valence-electron chi connectivity index (χ2n) is 4.47. The van der Waals surface area contributed by atoms with Crippen LogP contribution in [0.1, 0.15) is 31.9 Å². The van der Waals surface area contributed by atoms with Gasteiger partial charge in [-0.1, -0.05) is 12.1 Å². The third-order valence-electron chi connectivity index (χ3n) is 2.92. The van der Waals surface area contributed by atoms with E-state index in [-0.39, 0.29) is 6.04 Å². The van der Waals surface area contributed by atoms with E-state index in [4.69, 9.17) is 5.73 Å². The van der Waals surface area contributed by atoms with E-state index in [1.54, 1.807) is 0 Å². The Bertz CT molecular complexity index is 328. The molecule has 0 aliphatic heterocycles. The van der Waals surface area contributed by atoms with E-state index < -0.39 is 0 Å². The lowest BCUT2D eigenvalue weighted by Crippen LogP contribution is -2.23. The second-order valence-corrected chi connectivity index (χ2v) is 4.47. The average Bonchev–Trinajstić information content (AvgIpc) is 2.21. The summed E-state index contributed by atoms with van der Waals surface area (Å²) in [6.45, 7) is 10.7. The molecule has 0 saturated heterocycles. The number of nitrogens with two attached hydrogens (primary N) is 1. The first-order valence-electron chi connectivity index (χ1n) is 6.18. The number of aryl methyl sites for hydroxylation is 1. The normalized spacial score (nSPS) is 12.6. The van der Waals surface area contributed by atoms with Crippen LogP contribution in [0.5, 0.6) is 0 Å². The Hall–Kier alpha value is -1.02. The number of nitrogens with zero attached hydrogens (tertiary/aromatic N) is 1. The van der Waals surface area contributed by atoms with Crippen molar-refractivity contribution in [1.82, 2.24) is 0 Å². The van der Waals surface area contributed by atoms with E-state index in [2.05, 4.69) is 43.9 Å². The van der Waals surface area contributed by atoms with Gasteiger partial charge in [0.25, 0.3) is 0 Å². The fourth-order valence-corrected chi connectivity index (χ4v) is 2.14. The topological polar surface area (TPSA) is 29.3 Å². The van der Waals surface area contributed by atoms with E-state index in [9.17, 15) is 0 Å². The zero-order valence-electron chi connectivity index (χ0n) is 11.0. The molecule has 0 fully saturated rings. The first-order valence-corrected chi connectivity index (χ1v) is 6.18. The molecule has 2 heteroatoms. The summed E-state index contributed by atoms with van der Waals surface area (Å²) >= 11 is 0. The van der Waals surface area contributed by atoms with Gasteiger partial charge in [0, 0.05) is 24.8 Å². The highest BCUT2D eigenvalue weighted by Crippen LogP contribution is 2.21. The zero-order chi connectivity index (χ0) is 12.1. The molecule has 1 aromatic rings. The molecule has 1 atom stereocenters. The quantitative estimate of drug-likeness (QED) is 0.826. The first kappa shape index (κ1) is 13.0. The molecule has 2 nitrogen and oxygen atoms in total. The minimum absolute atomic E-state index is 0.235. The van der Waals surface area contributed by atoms with Crippen molar-refractivity contribution in [3.05, 3.63) is 29.3 Å². The molecule has 0 aliphatic carbocycles. The maximum absolute atomic E-state index is 5.81. The van der Waals surface area contributed by atoms with Gasteiger partial charge in [-0.2, -0.15) is 0 Å². The van der Waals surface area contributed by atoms with E-state index in [1.165, 1.54) is 16.8 Å². The van der Waals surface area contributed by atoms with Crippen LogP contribution in [-0.2, 0) is 6.42 Å². The van der Waals surface area contributed by atoms with Crippen LogP contribution in [0.3, 0.4) is 0 Å². The number of anilines is 1. The lowest BCUT2D eigenvalue weighted by Gasteiger charge is -2.23. The van der Waals surface area contributed by atoms with Gasteiger partial charge in [0.2, 0.25) is 0 Å². The van der Waals surface area contributed by atoms with Gasteiger partial charge in [0.15, 0.2) is 0 Å². The van der Waals surface area contributed by atoms with Crippen molar-refractivity contribution in [2.24, 2.45) is 5.73 Å². The molecule has 0 aliphatic rings. The second kappa shape index (κ2) is 5.90. The van der Waals surface area contributed by atoms with Gasteiger partial charge < -0.3 is 10.6 Å². The van der Waals surface area contributed by atoms with Gasteiger partial charge in [-0.15, -0.1) is 0 Å². The number of benzene rings is 1. The molecule has 1 unspecified atom stereocenters. The minimum Gasteiger partial charge on any atom is -0.372 e. The van der Waals surface area contributed by atoms with Gasteiger partial charge in [-0.3, -0.25) is 0 Å². The molecule has 0 radical (unpaired) electrons. The molecule has 0 spiro atoms. The Kier molecular flexibility index (Phi) is 4.81. The van der Waals surface area contributed by atoms with Crippen molar-refractivity contribution in [3.8, 4) is 0 Å². The molecular weight excluding hydrogens is 196 g/mol. The Morgan fingerprint density at radius 2 is 1.88 bits per heavy atom. The van der Waals surface area contributed by atoms with E-state index in [0.717, 1.165) is 19.5 Å². The van der Waals surface area contributed by atoms with E-state index >= 15 is 0 Å². The molecule has 1 aromatic carbocycles. The van der Waals surface area contributed by atoms with Crippen LogP contribution >= 0.6 is 0 Å². The van der Waals surface area contributed by atoms with E-state index in [1.807, 2.05) is 6.92 Å². The number of hydrogen-bond acceptors (Lipinski definition) is 2. The Morgan fingerprint density at radius 3 is 2.31 bits per heavy atom. The van der Waals surface area contributed by atoms with Crippen LogP contribution in [-0.4, -0.2) is 19.1 Å². The first-order chi connectivity index (χ1) is 7.58. The SMILES string of the molecule is CCN(CC)c1ccc(CC(C)N)cc1C. The fourth-order valence-electron chi connectivity index (χ4n) is 2.14. The predicted octanol–water partition coefficient (Wildman–Crippen LogP) is 2.73. The van der Waals surface area contributed by atoms with Crippen molar-refractivity contribution in [2.75, 3.05) is 18.0 Å². The molecule has 0 heterocycles. The summed E-state index contributed by atoms with van der Waals surface area (Å²) in [4.78, 5) is 2.38. The molecule has 0 bridgehead atoms. The standard InChI is InChI=1S/C14H24N2/c1-5-16(6-2)14-8-7-13(9-11(14)3)10-12(4)15/h7-9,12H,5-6,10,15H2,1-4H3. The molecule has 0 saturated carbocycles. The van der Waals surface area contributed by atoms with Crippen molar-refractivity contribution in [3.63, 3.8) is 0 Å². The smallest absolute Gasteiger partial charge is 0.0395 e. The summed E-state index contributed by atoms with van der Waals surface area (Å²) in [7, 11) is 0. The van der Waals surface area contributed by atoms with Crippen LogP contribution in [0.2, 0.25) is 0 Å². The van der Waals surface area contributed by atoms with Crippen molar-refractivity contribution in [1.29, 1.82) is 0 Å². The van der Waals surface area contributed by atoms with Crippen LogP contribution in [0, 0.1) is 6.92 Å². The van der Waals surface area contributed by atoms with Crippen LogP contribution in [0.4, 0.5) is 5.69 Å². The van der Waals surface area contributed by atoms with Crippen LogP contribution < -0.4 is 10.6 Å². The van der Waals surface area contributed by atoms with Crippen LogP contribution in [0.15, 0.2) is 18.2 Å². The van der Waals surface area contributed by atoms with Gasteiger partial charge >= 0.3 is 0 Å². The average molecular weight is 220 g/mol. The van der Waals surface area contributed by atoms with Gasteiger partial charge in [0.05, 0.1) is 0 Å². The Labute approximate surface area is 99.5 Å². The largest absolute Gasteiger partial charge is 0.372 e. The summed E-state index contributed by atoms with van der Waals surface area (Å²) in [5.74, 6) is 0. The molecule has 2 N–H and O–H groups in total. The molecule has 16 heavy (non-hydrogen) atoms. The summed E-state index contributed by atoms with van der Waals surface area (Å²) in [5.41, 5.74) is 9.85. The van der Waals surface area contributed by atoms with Gasteiger partial charge in [-0.25, -0.2) is 0 Å². The minimum atomic E-state index is 0.235. The molecular formula is C14H24N2.